The van der Waals surface area contributed by atoms with Crippen molar-refractivity contribution in [2.45, 2.75) is 59.0 Å². The van der Waals surface area contributed by atoms with E-state index >= 15 is 0 Å². The van der Waals surface area contributed by atoms with Crippen LogP contribution < -0.4 is 0 Å². The summed E-state index contributed by atoms with van der Waals surface area (Å²) in [6, 6.07) is 4.04. The number of hydrogen-bond donors (Lipinski definition) is 1. The maximum Gasteiger partial charge on any atom is 0.185 e. The van der Waals surface area contributed by atoms with Gasteiger partial charge in [-0.3, -0.25) is 9.59 Å². The number of allylic oxidation sites excluding steroid dienone is 4. The van der Waals surface area contributed by atoms with Crippen LogP contribution in [0.2, 0.25) is 0 Å². The molecule has 0 fully saturated rings. The lowest BCUT2D eigenvalue weighted by atomic mass is 9.80. The van der Waals surface area contributed by atoms with Gasteiger partial charge in [-0.05, 0) is 64.8 Å². The molecule has 1 aromatic rings. The Hall–Kier alpha value is -1.52. The number of carbonyl (C=O) groups is 2. The van der Waals surface area contributed by atoms with Crippen molar-refractivity contribution in [2.24, 2.45) is 0 Å². The van der Waals surface area contributed by atoms with Crippen molar-refractivity contribution < 1.29 is 14.7 Å². The van der Waals surface area contributed by atoms with Crippen LogP contribution in [0.3, 0.4) is 0 Å². The molecule has 1 heterocycles. The lowest BCUT2D eigenvalue weighted by molar-refractivity contribution is -0.116. The molecule has 0 spiro atoms. The molecule has 0 amide bonds. The van der Waals surface area contributed by atoms with Gasteiger partial charge in [0.15, 0.2) is 11.6 Å². The van der Waals surface area contributed by atoms with Gasteiger partial charge in [-0.1, -0.05) is 6.07 Å². The SMILES string of the molecule is CC1=C(C)C(=O)C(CCC(C)(C)O)=C(CCc2cccs2)C1=O. The van der Waals surface area contributed by atoms with Crippen molar-refractivity contribution >= 4 is 22.9 Å². The van der Waals surface area contributed by atoms with E-state index in [0.29, 0.717) is 41.6 Å². The Morgan fingerprint density at radius 2 is 1.57 bits per heavy atom. The smallest absolute Gasteiger partial charge is 0.185 e. The summed E-state index contributed by atoms with van der Waals surface area (Å²) in [5.74, 6) is -0.0445. The van der Waals surface area contributed by atoms with Crippen LogP contribution >= 0.6 is 11.3 Å². The number of hydrogen-bond acceptors (Lipinski definition) is 4. The Balaban J connectivity index is 2.28. The van der Waals surface area contributed by atoms with Crippen LogP contribution in [0, 0.1) is 0 Å². The summed E-state index contributed by atoms with van der Waals surface area (Å²) in [7, 11) is 0. The maximum absolute atomic E-state index is 12.6. The molecule has 1 N–H and O–H groups in total. The summed E-state index contributed by atoms with van der Waals surface area (Å²) in [5, 5.41) is 12.0. The second-order valence-corrected chi connectivity index (χ2v) is 7.79. The first-order valence-electron chi connectivity index (χ1n) is 7.94. The van der Waals surface area contributed by atoms with Gasteiger partial charge in [0, 0.05) is 27.2 Å². The third-order valence-electron chi connectivity index (χ3n) is 4.34. The minimum absolute atomic E-state index is 0.00981. The van der Waals surface area contributed by atoms with Crippen LogP contribution in [-0.2, 0) is 16.0 Å². The van der Waals surface area contributed by atoms with Crippen molar-refractivity contribution in [2.75, 3.05) is 0 Å². The van der Waals surface area contributed by atoms with Crippen molar-refractivity contribution in [3.05, 3.63) is 44.7 Å². The minimum atomic E-state index is -0.848. The molecule has 0 atom stereocenters. The molecule has 4 heteroatoms. The van der Waals surface area contributed by atoms with Crippen molar-refractivity contribution in [1.82, 2.24) is 0 Å². The zero-order valence-electron chi connectivity index (χ0n) is 14.2. The lowest BCUT2D eigenvalue weighted by Gasteiger charge is -2.23. The normalized spacial score (nSPS) is 16.6. The van der Waals surface area contributed by atoms with E-state index in [9.17, 15) is 14.7 Å². The molecule has 0 saturated heterocycles. The van der Waals surface area contributed by atoms with E-state index in [0.717, 1.165) is 6.42 Å². The second kappa shape index (κ2) is 6.93. The van der Waals surface area contributed by atoms with Gasteiger partial charge >= 0.3 is 0 Å². The van der Waals surface area contributed by atoms with Crippen LogP contribution in [-0.4, -0.2) is 22.3 Å². The van der Waals surface area contributed by atoms with E-state index in [1.165, 1.54) is 4.88 Å². The number of aryl methyl sites for hydroxylation is 1. The second-order valence-electron chi connectivity index (χ2n) is 6.76. The molecule has 23 heavy (non-hydrogen) atoms. The minimum Gasteiger partial charge on any atom is -0.390 e. The first kappa shape index (κ1) is 17.8. The summed E-state index contributed by atoms with van der Waals surface area (Å²) < 4.78 is 0. The molecule has 0 aliphatic heterocycles. The fraction of sp³-hybridized carbons (Fsp3) is 0.474. The topological polar surface area (TPSA) is 54.4 Å². The predicted octanol–water partition coefficient (Wildman–Crippen LogP) is 4.02. The van der Waals surface area contributed by atoms with Crippen LogP contribution in [0.25, 0.3) is 0 Å². The van der Waals surface area contributed by atoms with E-state index in [-0.39, 0.29) is 11.6 Å². The Morgan fingerprint density at radius 1 is 1.00 bits per heavy atom. The van der Waals surface area contributed by atoms with Gasteiger partial charge in [-0.25, -0.2) is 0 Å². The van der Waals surface area contributed by atoms with Gasteiger partial charge in [0.1, 0.15) is 0 Å². The highest BCUT2D eigenvalue weighted by Crippen LogP contribution is 2.31. The predicted molar refractivity (Wildman–Crippen MR) is 93.6 cm³/mol. The van der Waals surface area contributed by atoms with Gasteiger partial charge in [-0.2, -0.15) is 0 Å². The molecule has 0 radical (unpaired) electrons. The summed E-state index contributed by atoms with van der Waals surface area (Å²) in [6.45, 7) is 6.90. The highest BCUT2D eigenvalue weighted by Gasteiger charge is 2.30. The quantitative estimate of drug-likeness (QED) is 0.801. The van der Waals surface area contributed by atoms with Crippen LogP contribution in [0.15, 0.2) is 39.8 Å². The van der Waals surface area contributed by atoms with E-state index in [1.807, 2.05) is 17.5 Å². The van der Waals surface area contributed by atoms with E-state index in [2.05, 4.69) is 0 Å². The molecule has 0 aromatic carbocycles. The zero-order valence-corrected chi connectivity index (χ0v) is 15.0. The number of thiophene rings is 1. The fourth-order valence-electron chi connectivity index (χ4n) is 2.73. The van der Waals surface area contributed by atoms with E-state index < -0.39 is 5.60 Å². The number of Topliss-reactive ketones (excluding diaryl/α,β-unsaturated/α-hetero) is 2. The van der Waals surface area contributed by atoms with Gasteiger partial charge in [0.05, 0.1) is 5.60 Å². The first-order chi connectivity index (χ1) is 10.7. The largest absolute Gasteiger partial charge is 0.390 e. The standard InChI is InChI=1S/C19H24O3S/c1-12-13(2)18(21)16(9-10-19(3,4)22)15(17(12)20)8-7-14-6-5-11-23-14/h5-6,11,22H,7-10H2,1-4H3. The first-order valence-corrected chi connectivity index (χ1v) is 8.82. The average Bonchev–Trinajstić information content (AvgIpc) is 2.98. The fourth-order valence-corrected chi connectivity index (χ4v) is 3.44. The highest BCUT2D eigenvalue weighted by molar-refractivity contribution is 7.09. The van der Waals surface area contributed by atoms with E-state index in [4.69, 9.17) is 0 Å². The van der Waals surface area contributed by atoms with Crippen LogP contribution in [0.5, 0.6) is 0 Å². The molecule has 2 rings (SSSR count). The molecule has 0 unspecified atom stereocenters. The zero-order chi connectivity index (χ0) is 17.2. The maximum atomic E-state index is 12.6. The van der Waals surface area contributed by atoms with Gasteiger partial charge in [-0.15, -0.1) is 11.3 Å². The van der Waals surface area contributed by atoms with Gasteiger partial charge in [0.2, 0.25) is 0 Å². The molecule has 0 saturated carbocycles. The monoisotopic (exact) mass is 332 g/mol. The van der Waals surface area contributed by atoms with Crippen molar-refractivity contribution in [3.63, 3.8) is 0 Å². The number of carbonyl (C=O) groups excluding carboxylic acids is 2. The molecule has 124 valence electrons. The molecule has 1 aliphatic rings. The van der Waals surface area contributed by atoms with E-state index in [1.54, 1.807) is 39.0 Å². The summed E-state index contributed by atoms with van der Waals surface area (Å²) >= 11 is 1.66. The summed E-state index contributed by atoms with van der Waals surface area (Å²) in [4.78, 5) is 26.5. The number of rotatable bonds is 6. The number of aliphatic hydroxyl groups is 1. The Labute approximate surface area is 141 Å². The van der Waals surface area contributed by atoms with Gasteiger partial charge in [0.25, 0.3) is 0 Å². The van der Waals surface area contributed by atoms with Crippen molar-refractivity contribution in [3.8, 4) is 0 Å². The molecular weight excluding hydrogens is 308 g/mol. The molecular formula is C19H24O3S. The van der Waals surface area contributed by atoms with Gasteiger partial charge < -0.3 is 5.11 Å². The third-order valence-corrected chi connectivity index (χ3v) is 5.28. The number of ketones is 2. The molecule has 3 nitrogen and oxygen atoms in total. The molecule has 1 aliphatic carbocycles. The van der Waals surface area contributed by atoms with Crippen LogP contribution in [0.4, 0.5) is 0 Å². The lowest BCUT2D eigenvalue weighted by Crippen LogP contribution is -2.25. The van der Waals surface area contributed by atoms with Crippen molar-refractivity contribution in [1.29, 1.82) is 0 Å². The van der Waals surface area contributed by atoms with Crippen LogP contribution in [0.1, 0.15) is 51.8 Å². The molecule has 1 aromatic heterocycles. The third kappa shape index (κ3) is 4.27. The Kier molecular flexibility index (Phi) is 5.37. The Morgan fingerprint density at radius 3 is 2.04 bits per heavy atom. The Bertz CT molecular complexity index is 670. The summed E-state index contributed by atoms with van der Waals surface area (Å²) in [6.07, 6.45) is 2.26. The summed E-state index contributed by atoms with van der Waals surface area (Å²) in [5.41, 5.74) is 1.48. The molecule has 0 bridgehead atoms. The average molecular weight is 332 g/mol. The highest BCUT2D eigenvalue weighted by atomic mass is 32.1.